The van der Waals surface area contributed by atoms with Crippen molar-refractivity contribution in [1.82, 2.24) is 10.1 Å². The van der Waals surface area contributed by atoms with Gasteiger partial charge in [0.15, 0.2) is 0 Å². The van der Waals surface area contributed by atoms with Crippen molar-refractivity contribution < 1.29 is 9.53 Å². The zero-order valence-electron chi connectivity index (χ0n) is 12.3. The third kappa shape index (κ3) is 3.62. The van der Waals surface area contributed by atoms with Gasteiger partial charge in [0.05, 0.1) is 19.0 Å². The van der Waals surface area contributed by atoms with E-state index in [0.29, 0.717) is 11.3 Å². The molecule has 0 aliphatic heterocycles. The van der Waals surface area contributed by atoms with E-state index in [0.717, 1.165) is 5.69 Å². The standard InChI is InChI=1S/C15H18N4O2/c1-18(2)19-10-4-5-13(19)11-16-17-15(20)12-6-8-14(21-3)9-7-12/h4-11H,1-3H3,(H,17,20). The van der Waals surface area contributed by atoms with Gasteiger partial charge >= 0.3 is 0 Å². The highest BCUT2D eigenvalue weighted by Gasteiger charge is 2.04. The molecule has 21 heavy (non-hydrogen) atoms. The van der Waals surface area contributed by atoms with Gasteiger partial charge < -0.3 is 9.75 Å². The first kappa shape index (κ1) is 14.6. The summed E-state index contributed by atoms with van der Waals surface area (Å²) in [5, 5.41) is 5.88. The Morgan fingerprint density at radius 2 is 2.00 bits per heavy atom. The molecular weight excluding hydrogens is 268 g/mol. The first-order valence-electron chi connectivity index (χ1n) is 6.44. The predicted molar refractivity (Wildman–Crippen MR) is 82.6 cm³/mol. The summed E-state index contributed by atoms with van der Waals surface area (Å²) in [5.74, 6) is 0.440. The summed E-state index contributed by atoms with van der Waals surface area (Å²) in [6.07, 6.45) is 3.51. The minimum absolute atomic E-state index is 0.267. The van der Waals surface area contributed by atoms with E-state index in [1.807, 2.05) is 42.1 Å². The molecule has 1 amide bonds. The molecular formula is C15H18N4O2. The van der Waals surface area contributed by atoms with Gasteiger partial charge in [-0.15, -0.1) is 0 Å². The van der Waals surface area contributed by atoms with E-state index in [9.17, 15) is 4.79 Å². The maximum atomic E-state index is 11.9. The number of carbonyl (C=O) groups excluding carboxylic acids is 1. The molecule has 0 saturated carbocycles. The molecule has 0 spiro atoms. The van der Waals surface area contributed by atoms with E-state index >= 15 is 0 Å². The molecule has 1 aromatic heterocycles. The molecule has 1 aromatic carbocycles. The van der Waals surface area contributed by atoms with Crippen molar-refractivity contribution in [1.29, 1.82) is 0 Å². The number of ether oxygens (including phenoxy) is 1. The third-order valence-electron chi connectivity index (χ3n) is 2.90. The number of carbonyl (C=O) groups is 1. The van der Waals surface area contributed by atoms with Gasteiger partial charge in [-0.1, -0.05) is 0 Å². The topological polar surface area (TPSA) is 58.9 Å². The molecule has 6 heteroatoms. The molecule has 0 atom stereocenters. The Labute approximate surface area is 123 Å². The van der Waals surface area contributed by atoms with Crippen molar-refractivity contribution in [2.45, 2.75) is 0 Å². The van der Waals surface area contributed by atoms with E-state index in [1.54, 1.807) is 37.6 Å². The molecule has 110 valence electrons. The summed E-state index contributed by atoms with van der Waals surface area (Å²) in [6, 6.07) is 10.7. The van der Waals surface area contributed by atoms with Gasteiger partial charge in [0.2, 0.25) is 0 Å². The first-order valence-corrected chi connectivity index (χ1v) is 6.44. The van der Waals surface area contributed by atoms with Crippen LogP contribution in [0.1, 0.15) is 16.1 Å². The van der Waals surface area contributed by atoms with Gasteiger partial charge in [0, 0.05) is 25.9 Å². The predicted octanol–water partition coefficient (Wildman–Crippen LogP) is 1.46. The van der Waals surface area contributed by atoms with Crippen molar-refractivity contribution in [2.75, 3.05) is 26.2 Å². The van der Waals surface area contributed by atoms with Gasteiger partial charge in [-0.2, -0.15) is 5.10 Å². The molecule has 0 aliphatic rings. The average molecular weight is 286 g/mol. The van der Waals surface area contributed by atoms with Crippen LogP contribution in [-0.2, 0) is 0 Å². The maximum absolute atomic E-state index is 11.9. The lowest BCUT2D eigenvalue weighted by Gasteiger charge is -2.15. The number of hydrogen-bond donors (Lipinski definition) is 1. The number of aromatic nitrogens is 1. The lowest BCUT2D eigenvalue weighted by atomic mass is 10.2. The summed E-state index contributed by atoms with van der Waals surface area (Å²) in [6.45, 7) is 0. The smallest absolute Gasteiger partial charge is 0.271 e. The molecule has 0 saturated heterocycles. The van der Waals surface area contributed by atoms with E-state index in [1.165, 1.54) is 0 Å². The Morgan fingerprint density at radius 3 is 2.62 bits per heavy atom. The molecule has 6 nitrogen and oxygen atoms in total. The lowest BCUT2D eigenvalue weighted by molar-refractivity contribution is 0.0955. The van der Waals surface area contributed by atoms with Crippen LogP contribution in [0, 0.1) is 0 Å². The van der Waals surface area contributed by atoms with Crippen molar-refractivity contribution >= 4 is 12.1 Å². The Morgan fingerprint density at radius 1 is 1.29 bits per heavy atom. The van der Waals surface area contributed by atoms with Crippen LogP contribution in [0.3, 0.4) is 0 Å². The van der Waals surface area contributed by atoms with E-state index in [4.69, 9.17) is 4.74 Å². The highest BCUT2D eigenvalue weighted by atomic mass is 16.5. The van der Waals surface area contributed by atoms with Crippen LogP contribution in [0.2, 0.25) is 0 Å². The summed E-state index contributed by atoms with van der Waals surface area (Å²) in [7, 11) is 5.43. The second-order valence-electron chi connectivity index (χ2n) is 4.55. The van der Waals surface area contributed by atoms with Crippen LogP contribution in [0.5, 0.6) is 5.75 Å². The number of hydrogen-bond acceptors (Lipinski definition) is 4. The number of methoxy groups -OCH3 is 1. The molecule has 0 unspecified atom stereocenters. The van der Waals surface area contributed by atoms with Crippen molar-refractivity contribution in [3.63, 3.8) is 0 Å². The minimum Gasteiger partial charge on any atom is -0.497 e. The van der Waals surface area contributed by atoms with Crippen LogP contribution < -0.4 is 15.2 Å². The monoisotopic (exact) mass is 286 g/mol. The Balaban J connectivity index is 1.99. The zero-order valence-corrected chi connectivity index (χ0v) is 12.3. The molecule has 0 fully saturated rings. The highest BCUT2D eigenvalue weighted by Crippen LogP contribution is 2.10. The van der Waals surface area contributed by atoms with Crippen LogP contribution in [0.4, 0.5) is 0 Å². The Bertz CT molecular complexity index is 629. The quantitative estimate of drug-likeness (QED) is 0.668. The fraction of sp³-hybridized carbons (Fsp3) is 0.200. The van der Waals surface area contributed by atoms with Crippen molar-refractivity contribution in [3.05, 3.63) is 53.9 Å². The summed E-state index contributed by atoms with van der Waals surface area (Å²) in [5.41, 5.74) is 3.89. The molecule has 1 N–H and O–H groups in total. The van der Waals surface area contributed by atoms with E-state index in [2.05, 4.69) is 10.5 Å². The number of benzene rings is 1. The fourth-order valence-corrected chi connectivity index (χ4v) is 1.82. The van der Waals surface area contributed by atoms with E-state index in [-0.39, 0.29) is 5.91 Å². The first-order chi connectivity index (χ1) is 10.1. The van der Waals surface area contributed by atoms with Gasteiger partial charge in [0.25, 0.3) is 5.91 Å². The SMILES string of the molecule is COc1ccc(C(=O)NN=Cc2cccn2N(C)C)cc1. The molecule has 1 heterocycles. The van der Waals surface area contributed by atoms with Crippen molar-refractivity contribution in [3.8, 4) is 5.75 Å². The second-order valence-corrected chi connectivity index (χ2v) is 4.55. The Hall–Kier alpha value is -2.76. The summed E-state index contributed by atoms with van der Waals surface area (Å²) in [4.78, 5) is 11.9. The fourth-order valence-electron chi connectivity index (χ4n) is 1.82. The van der Waals surface area contributed by atoms with Gasteiger partial charge in [-0.3, -0.25) is 9.47 Å². The number of amides is 1. The number of nitrogens with zero attached hydrogens (tertiary/aromatic N) is 3. The van der Waals surface area contributed by atoms with Gasteiger partial charge in [-0.25, -0.2) is 5.43 Å². The van der Waals surface area contributed by atoms with Crippen molar-refractivity contribution in [2.24, 2.45) is 5.10 Å². The van der Waals surface area contributed by atoms with Crippen LogP contribution in [0.15, 0.2) is 47.7 Å². The molecule has 2 aromatic rings. The second kappa shape index (κ2) is 6.60. The average Bonchev–Trinajstić information content (AvgIpc) is 2.96. The van der Waals surface area contributed by atoms with E-state index < -0.39 is 0 Å². The lowest BCUT2D eigenvalue weighted by Crippen LogP contribution is -2.26. The minimum atomic E-state index is -0.267. The van der Waals surface area contributed by atoms with Crippen LogP contribution in [0.25, 0.3) is 0 Å². The molecule has 0 radical (unpaired) electrons. The summed E-state index contributed by atoms with van der Waals surface area (Å²) < 4.78 is 6.95. The largest absolute Gasteiger partial charge is 0.497 e. The normalized spacial score (nSPS) is 10.6. The third-order valence-corrected chi connectivity index (χ3v) is 2.90. The number of nitrogens with one attached hydrogen (secondary N) is 1. The molecule has 0 aliphatic carbocycles. The number of rotatable bonds is 5. The molecule has 0 bridgehead atoms. The number of hydrazone groups is 1. The molecule has 2 rings (SSSR count). The Kier molecular flexibility index (Phi) is 4.61. The van der Waals surface area contributed by atoms with Crippen LogP contribution >= 0.6 is 0 Å². The zero-order chi connectivity index (χ0) is 15.2. The van der Waals surface area contributed by atoms with Gasteiger partial charge in [0.1, 0.15) is 5.75 Å². The van der Waals surface area contributed by atoms with Gasteiger partial charge in [-0.05, 0) is 36.4 Å². The summed E-state index contributed by atoms with van der Waals surface area (Å²) >= 11 is 0. The van der Waals surface area contributed by atoms with Crippen LogP contribution in [-0.4, -0.2) is 38.0 Å². The highest BCUT2D eigenvalue weighted by molar-refractivity contribution is 5.94. The maximum Gasteiger partial charge on any atom is 0.271 e.